The van der Waals surface area contributed by atoms with Crippen molar-refractivity contribution < 1.29 is 19.5 Å². The summed E-state index contributed by atoms with van der Waals surface area (Å²) in [5, 5.41) is 26.5. The van der Waals surface area contributed by atoms with Crippen LogP contribution in [0, 0.1) is 0 Å². The van der Waals surface area contributed by atoms with Gasteiger partial charge in [0, 0.05) is 75.2 Å². The summed E-state index contributed by atoms with van der Waals surface area (Å²) in [6, 6.07) is 16.9. The molecular weight excluding hydrogens is 636 g/mol. The fourth-order valence-corrected chi connectivity index (χ4v) is 6.13. The number of aliphatic hydroxyl groups is 1. The second kappa shape index (κ2) is 15.6. The maximum absolute atomic E-state index is 13.1. The highest BCUT2D eigenvalue weighted by atomic mass is 16.3. The van der Waals surface area contributed by atoms with Gasteiger partial charge in [0.1, 0.15) is 11.6 Å². The lowest BCUT2D eigenvalue weighted by Crippen LogP contribution is -2.49. The second-order valence-corrected chi connectivity index (χ2v) is 13.1. The zero-order valence-electron chi connectivity index (χ0n) is 28.9. The zero-order valence-corrected chi connectivity index (χ0v) is 28.9. The smallest absolute Gasteiger partial charge is 0.328 e. The molecule has 2 aliphatic heterocycles. The first-order valence-corrected chi connectivity index (χ1v) is 17.3. The molecule has 2 aromatic heterocycles. The summed E-state index contributed by atoms with van der Waals surface area (Å²) in [5.74, 6) is 1.48. The van der Waals surface area contributed by atoms with E-state index in [4.69, 9.17) is 4.98 Å². The summed E-state index contributed by atoms with van der Waals surface area (Å²) < 4.78 is 1.81. The van der Waals surface area contributed by atoms with Crippen molar-refractivity contribution in [2.24, 2.45) is 0 Å². The summed E-state index contributed by atoms with van der Waals surface area (Å²) >= 11 is 0. The molecule has 264 valence electrons. The SMILES string of the molecule is CC[C@@H](CO)Nc1cc(NCc2ccc(NC(=O)N3CCN(Cc4ccc(N5CCC(=O)NC5=O)cc4)CC3)cc2)n2ncc(C(C)C)c2n1. The number of amides is 5. The zero-order chi connectivity index (χ0) is 35.2. The number of anilines is 4. The topological polar surface area (TPSA) is 159 Å². The number of nitrogens with one attached hydrogen (secondary N) is 4. The predicted octanol–water partition coefficient (Wildman–Crippen LogP) is 4.44. The molecule has 0 unspecified atom stereocenters. The molecule has 2 aromatic carbocycles. The number of hydrogen-bond acceptors (Lipinski definition) is 9. The minimum atomic E-state index is -0.387. The quantitative estimate of drug-likeness (QED) is 0.146. The molecule has 4 aromatic rings. The number of carbonyl (C=O) groups is 3. The molecule has 2 saturated heterocycles. The molecule has 0 spiro atoms. The minimum Gasteiger partial charge on any atom is -0.394 e. The molecule has 14 heteroatoms. The predicted molar refractivity (Wildman–Crippen MR) is 193 cm³/mol. The molecule has 0 bridgehead atoms. The van der Waals surface area contributed by atoms with Crippen LogP contribution in [0.3, 0.4) is 0 Å². The van der Waals surface area contributed by atoms with Gasteiger partial charge in [-0.05, 0) is 47.7 Å². The maximum atomic E-state index is 13.1. The Bertz CT molecular complexity index is 1800. The average molecular weight is 683 g/mol. The van der Waals surface area contributed by atoms with Gasteiger partial charge in [0.05, 0.1) is 18.8 Å². The maximum Gasteiger partial charge on any atom is 0.328 e. The standard InChI is InChI=1S/C36H46N10O4/c1-4-27(23-47)39-31-19-32(46-34(41-31)30(21-38-46)24(2)3)37-20-25-5-9-28(10-6-25)40-35(49)44-17-15-43(16-18-44)22-26-7-11-29(12-8-26)45-14-13-33(48)42-36(45)50/h5-12,19,21,24,27,37,47H,4,13-18,20,22-23H2,1-3H3,(H,39,41)(H,40,49)(H,42,48,50)/t27-/m0/s1. The van der Waals surface area contributed by atoms with Crippen LogP contribution in [0.5, 0.6) is 0 Å². The van der Waals surface area contributed by atoms with Crippen LogP contribution in [-0.4, -0.2) is 92.8 Å². The summed E-state index contributed by atoms with van der Waals surface area (Å²) in [5.41, 5.74) is 5.48. The Labute approximate surface area is 291 Å². The number of benzene rings is 2. The van der Waals surface area contributed by atoms with Crippen LogP contribution in [0.4, 0.5) is 32.6 Å². The number of nitrogens with zero attached hydrogens (tertiary/aromatic N) is 6. The van der Waals surface area contributed by atoms with Crippen LogP contribution >= 0.6 is 0 Å². The van der Waals surface area contributed by atoms with Gasteiger partial charge < -0.3 is 26.0 Å². The first kappa shape index (κ1) is 34.6. The molecule has 0 saturated carbocycles. The summed E-state index contributed by atoms with van der Waals surface area (Å²) in [7, 11) is 0. The Kier molecular flexibility index (Phi) is 10.8. The van der Waals surface area contributed by atoms with Gasteiger partial charge in [0.25, 0.3) is 0 Å². The lowest BCUT2D eigenvalue weighted by molar-refractivity contribution is -0.120. The molecule has 5 amide bonds. The number of aromatic nitrogens is 3. The largest absolute Gasteiger partial charge is 0.394 e. The number of carbonyl (C=O) groups excluding carboxylic acids is 3. The van der Waals surface area contributed by atoms with Gasteiger partial charge in [-0.15, -0.1) is 0 Å². The second-order valence-electron chi connectivity index (χ2n) is 13.1. The highest BCUT2D eigenvalue weighted by Crippen LogP contribution is 2.25. The van der Waals surface area contributed by atoms with E-state index in [1.807, 2.05) is 77.1 Å². The van der Waals surface area contributed by atoms with Crippen molar-refractivity contribution in [2.45, 2.75) is 58.7 Å². The first-order valence-electron chi connectivity index (χ1n) is 17.3. The summed E-state index contributed by atoms with van der Waals surface area (Å²) in [6.45, 7) is 10.7. The van der Waals surface area contributed by atoms with Crippen LogP contribution in [0.25, 0.3) is 5.65 Å². The van der Waals surface area contributed by atoms with Gasteiger partial charge in [0.2, 0.25) is 5.91 Å². The Morgan fingerprint density at radius 3 is 2.36 bits per heavy atom. The van der Waals surface area contributed by atoms with Crippen LogP contribution in [0.2, 0.25) is 0 Å². The van der Waals surface area contributed by atoms with Gasteiger partial charge in [-0.3, -0.25) is 19.9 Å². The molecule has 6 rings (SSSR count). The monoisotopic (exact) mass is 682 g/mol. The molecule has 5 N–H and O–H groups in total. The van der Waals surface area contributed by atoms with Crippen LogP contribution in [0.15, 0.2) is 60.8 Å². The van der Waals surface area contributed by atoms with Crippen molar-refractivity contribution in [3.8, 4) is 0 Å². The molecule has 2 aliphatic rings. The van der Waals surface area contributed by atoms with E-state index in [0.29, 0.717) is 38.4 Å². The first-order chi connectivity index (χ1) is 24.2. The van der Waals surface area contributed by atoms with Gasteiger partial charge >= 0.3 is 12.1 Å². The lowest BCUT2D eigenvalue weighted by atomic mass is 10.1. The van der Waals surface area contributed by atoms with E-state index >= 15 is 0 Å². The van der Waals surface area contributed by atoms with Crippen molar-refractivity contribution in [3.05, 3.63) is 77.5 Å². The molecule has 1 atom stereocenters. The van der Waals surface area contributed by atoms with Gasteiger partial charge in [-0.2, -0.15) is 9.61 Å². The molecule has 2 fully saturated rings. The fraction of sp³-hybridized carbons (Fsp3) is 0.417. The Morgan fingerprint density at radius 2 is 1.70 bits per heavy atom. The number of rotatable bonds is 12. The molecular formula is C36H46N10O4. The summed E-state index contributed by atoms with van der Waals surface area (Å²) in [4.78, 5) is 47.2. The van der Waals surface area contributed by atoms with E-state index < -0.39 is 0 Å². The summed E-state index contributed by atoms with van der Waals surface area (Å²) in [6.07, 6.45) is 2.92. The normalized spacial score (nSPS) is 16.1. The van der Waals surface area contributed by atoms with Crippen molar-refractivity contribution >= 4 is 46.6 Å². The molecule has 14 nitrogen and oxygen atoms in total. The third-order valence-corrected chi connectivity index (χ3v) is 9.23. The van der Waals surface area contributed by atoms with E-state index in [0.717, 1.165) is 65.6 Å². The van der Waals surface area contributed by atoms with Crippen LogP contribution in [0.1, 0.15) is 56.2 Å². The third-order valence-electron chi connectivity index (χ3n) is 9.23. The third kappa shape index (κ3) is 8.14. The van der Waals surface area contributed by atoms with Gasteiger partial charge in [0.15, 0.2) is 5.65 Å². The van der Waals surface area contributed by atoms with Crippen molar-refractivity contribution in [2.75, 3.05) is 60.2 Å². The highest BCUT2D eigenvalue weighted by Gasteiger charge is 2.25. The number of piperazine rings is 1. The van der Waals surface area contributed by atoms with E-state index in [1.165, 1.54) is 0 Å². The van der Waals surface area contributed by atoms with Crippen molar-refractivity contribution in [1.82, 2.24) is 29.7 Å². The molecule has 4 heterocycles. The van der Waals surface area contributed by atoms with Crippen LogP contribution < -0.4 is 26.2 Å². The van der Waals surface area contributed by atoms with E-state index in [9.17, 15) is 19.5 Å². The average Bonchev–Trinajstić information content (AvgIpc) is 3.56. The number of hydrogen-bond donors (Lipinski definition) is 5. The molecule has 50 heavy (non-hydrogen) atoms. The van der Waals surface area contributed by atoms with Crippen molar-refractivity contribution in [1.29, 1.82) is 0 Å². The fourth-order valence-electron chi connectivity index (χ4n) is 6.13. The number of fused-ring (bicyclic) bond motifs is 1. The van der Waals surface area contributed by atoms with Gasteiger partial charge in [-0.1, -0.05) is 45.0 Å². The van der Waals surface area contributed by atoms with Crippen LogP contribution in [-0.2, 0) is 17.9 Å². The van der Waals surface area contributed by atoms with E-state index in [-0.39, 0.29) is 36.5 Å². The number of urea groups is 2. The Morgan fingerprint density at radius 1 is 0.980 bits per heavy atom. The lowest BCUT2D eigenvalue weighted by Gasteiger charge is -2.34. The van der Waals surface area contributed by atoms with E-state index in [1.54, 1.807) is 4.90 Å². The van der Waals surface area contributed by atoms with E-state index in [2.05, 4.69) is 45.1 Å². The Balaban J connectivity index is 0.990. The highest BCUT2D eigenvalue weighted by molar-refractivity contribution is 6.05. The number of imide groups is 1. The van der Waals surface area contributed by atoms with Crippen molar-refractivity contribution in [3.63, 3.8) is 0 Å². The minimum absolute atomic E-state index is 0.0201. The number of aliphatic hydroxyl groups excluding tert-OH is 1. The molecule has 0 aliphatic carbocycles. The molecule has 0 radical (unpaired) electrons. The van der Waals surface area contributed by atoms with Gasteiger partial charge in [-0.25, -0.2) is 14.6 Å². The Hall–Kier alpha value is -5.21.